The van der Waals surface area contributed by atoms with Crippen LogP contribution in [0, 0.1) is 16.2 Å². The molecule has 8 unspecified atom stereocenters. The highest BCUT2D eigenvalue weighted by atomic mass is 32.2. The van der Waals surface area contributed by atoms with E-state index in [0.29, 0.717) is 56.9 Å². The van der Waals surface area contributed by atoms with E-state index in [2.05, 4.69) is 96.0 Å². The lowest BCUT2D eigenvalue weighted by Gasteiger charge is -2.34. The summed E-state index contributed by atoms with van der Waals surface area (Å²) >= 11 is 0. The van der Waals surface area contributed by atoms with E-state index in [9.17, 15) is 44.4 Å². The minimum Gasteiger partial charge on any atom is -0.497 e. The van der Waals surface area contributed by atoms with Gasteiger partial charge in [-0.25, -0.2) is 14.2 Å². The maximum atomic E-state index is 15.2. The molecular weight excluding hydrogens is 1920 g/mol. The summed E-state index contributed by atoms with van der Waals surface area (Å²) in [7, 11) is 9.41. The highest BCUT2D eigenvalue weighted by Gasteiger charge is 2.67. The van der Waals surface area contributed by atoms with Crippen LogP contribution < -0.4 is 28.4 Å². The van der Waals surface area contributed by atoms with Crippen molar-refractivity contribution >= 4 is 98.8 Å². The van der Waals surface area contributed by atoms with Crippen LogP contribution in [0.2, 0.25) is 0 Å². The van der Waals surface area contributed by atoms with E-state index in [0.717, 1.165) is 236 Å². The van der Waals surface area contributed by atoms with Crippen LogP contribution in [0.3, 0.4) is 0 Å². The minimum absolute atomic E-state index is 0.0146. The smallest absolute Gasteiger partial charge is 0.303 e. The molecule has 0 bridgehead atoms. The first-order valence-corrected chi connectivity index (χ1v) is 57.6. The first-order valence-electron chi connectivity index (χ1n) is 53.3. The quantitative estimate of drug-likeness (QED) is 0.0431. The molecule has 3 aromatic heterocycles. The van der Waals surface area contributed by atoms with Crippen molar-refractivity contribution in [2.75, 3.05) is 151 Å². The molecule has 30 nitrogen and oxygen atoms in total. The first-order chi connectivity index (χ1) is 70.5. The number of amides is 6. The van der Waals surface area contributed by atoms with Crippen molar-refractivity contribution in [1.29, 1.82) is 0 Å². The molecule has 6 aliphatic carbocycles. The minimum atomic E-state index is -3.99. The Kier molecular flexibility index (Phi) is 28.8. The number of hydrogen-bond acceptors (Lipinski definition) is 18. The molecule has 784 valence electrons. The lowest BCUT2D eigenvalue weighted by atomic mass is 9.81. The molecule has 7 aromatic carbocycles. The average Bonchev–Trinajstić information content (AvgIpc) is 1.52. The number of nitrogens with zero attached hydrogens (tertiary/aromatic N) is 12. The van der Waals surface area contributed by atoms with Crippen LogP contribution in [0.4, 0.5) is 0 Å². The van der Waals surface area contributed by atoms with Crippen LogP contribution in [0.5, 0.6) is 17.2 Å². The Balaban J connectivity index is 0.000000134. The second-order valence-electron chi connectivity index (χ2n) is 44.7. The number of likely N-dealkylation sites (tertiary alicyclic amines) is 3. The SMILES string of the molecule is COc1ccc2c(c1)C1CC1(C(=O)N(C)C(CN(C)C)c1ccccc1)Cn1c-2c(C2CCCCC2)c2ccc(C(=O)NS(=O)(=O)N(C)C)cc21.COc1ccc2c(c1)C1CC1(C(=O)N(C)CCN1CCCC1)Cn1c-2c(C2CCCCC2)c2ccc(C(=O)NS(=O)(=O)N(C)C)cc21.COc1ccc2c(c1)C1CC1(C(=O)N1CCCC1CN1CCCC1)Cn1c-2c(C2CCCCC2)c2ccc(C(=O)NS(=O)(=O)N(C)C)cc21. The molecule has 0 spiro atoms. The summed E-state index contributed by atoms with van der Waals surface area (Å²) in [5.41, 5.74) is 16.6. The zero-order chi connectivity index (χ0) is 103. The van der Waals surface area contributed by atoms with Crippen LogP contribution in [0.25, 0.3) is 66.5 Å². The third kappa shape index (κ3) is 19.4. The van der Waals surface area contributed by atoms with E-state index in [1.165, 1.54) is 135 Å². The van der Waals surface area contributed by atoms with Crippen LogP contribution in [0.1, 0.15) is 266 Å². The fraction of sp³-hybridized carbons (Fsp3) is 0.526. The molecule has 6 aliphatic heterocycles. The van der Waals surface area contributed by atoms with Gasteiger partial charge in [0.15, 0.2) is 0 Å². The Morgan fingerprint density at radius 1 is 0.395 bits per heavy atom. The molecule has 9 fully saturated rings. The van der Waals surface area contributed by atoms with E-state index in [1.807, 2.05) is 111 Å². The Hall–Kier alpha value is -11.0. The lowest BCUT2D eigenvalue weighted by Crippen LogP contribution is -2.46. The molecule has 3 N–H and O–H groups in total. The van der Waals surface area contributed by atoms with Gasteiger partial charge in [0.05, 0.1) is 60.7 Å². The van der Waals surface area contributed by atoms with Gasteiger partial charge in [-0.2, -0.15) is 38.2 Å². The predicted molar refractivity (Wildman–Crippen MR) is 573 cm³/mol. The number of fused-ring (bicyclic) bond motifs is 21. The monoisotopic (exact) mass is 2060 g/mol. The third-order valence-electron chi connectivity index (χ3n) is 34.9. The molecule has 3 saturated heterocycles. The maximum absolute atomic E-state index is 15.2. The van der Waals surface area contributed by atoms with E-state index >= 15 is 9.59 Å². The molecule has 6 amide bonds. The zero-order valence-electron chi connectivity index (χ0n) is 87.6. The van der Waals surface area contributed by atoms with Gasteiger partial charge in [-0.1, -0.05) is 106 Å². The number of carbonyl (C=O) groups is 6. The number of ether oxygens (including phenoxy) is 3. The fourth-order valence-electron chi connectivity index (χ4n) is 26.7. The zero-order valence-corrected chi connectivity index (χ0v) is 90.0. The van der Waals surface area contributed by atoms with Gasteiger partial charge in [-0.05, 0) is 284 Å². The molecule has 33 heteroatoms. The standard InChI is InChI=1S/C40H49N5O5S.C38H49N5O5S.C36H47N5O5S/c1-42(2)24-35(26-13-9-7-10-14-26)44(5)39(47)40-23-33(40)32-22-29(50-6)18-20-30(32)37-36(27-15-11-8-12-16-27)31-19-17-28(21-34(31)45(37)25-40)38(46)41-51(48,49)43(3)4;1-40(2)49(46,47)39-36(44)26-13-15-30-33(20-26)43-24-38(37(45)42-19-9-12-27(42)23-41-17-7-8-18-41)22-32(38)31-21-28(48-3)14-16-29(31)35(43)34(30)25-10-5-4-6-11-25;1-38(2)47(44,45)37-34(42)25-12-14-28-31(20-25)41-23-36(35(43)39(3)18-19-40-16-8-9-17-40)22-30(36)29-21-26(46-4)13-15-27(29)33(41)32(28)24-10-6-5-7-11-24/h7,9-10,13-14,17-22,27,33,35H,8,11-12,15-16,23-25H2,1-6H3,(H,41,46);13-16,20-21,25,27,32H,4-12,17-19,22-24H2,1-3H3,(H,39,44);12-15,20-21,24,30H,5-11,16-19,22-23H2,1-4H3,(H,37,42). The van der Waals surface area contributed by atoms with Crippen LogP contribution in [-0.4, -0.2) is 273 Å². The number of methoxy groups -OCH3 is 3. The largest absolute Gasteiger partial charge is 0.497 e. The van der Waals surface area contributed by atoms with Crippen LogP contribution in [-0.2, 0) is 64.6 Å². The molecule has 6 saturated carbocycles. The second kappa shape index (κ2) is 41.0. The van der Waals surface area contributed by atoms with E-state index in [-0.39, 0.29) is 64.2 Å². The van der Waals surface area contributed by atoms with Gasteiger partial charge in [0, 0.05) is 199 Å². The lowest BCUT2D eigenvalue weighted by molar-refractivity contribution is -0.139. The molecule has 8 atom stereocenters. The summed E-state index contributed by atoms with van der Waals surface area (Å²) in [4.78, 5) is 98.1. The number of hydrogen-bond donors (Lipinski definition) is 3. The van der Waals surface area contributed by atoms with E-state index in [1.54, 1.807) is 39.5 Å². The predicted octanol–water partition coefficient (Wildman–Crippen LogP) is 16.6. The first kappa shape index (κ1) is 103. The highest BCUT2D eigenvalue weighted by molar-refractivity contribution is 7.88. The van der Waals surface area contributed by atoms with Gasteiger partial charge < -0.3 is 57.3 Å². The highest BCUT2D eigenvalue weighted by Crippen LogP contribution is 2.70. The molecule has 9 heterocycles. The van der Waals surface area contributed by atoms with Gasteiger partial charge in [0.2, 0.25) is 17.7 Å². The average molecular weight is 2060 g/mol. The summed E-state index contributed by atoms with van der Waals surface area (Å²) < 4.78 is 109. The Morgan fingerprint density at radius 2 is 0.755 bits per heavy atom. The van der Waals surface area contributed by atoms with Crippen molar-refractivity contribution in [3.63, 3.8) is 0 Å². The normalized spacial score (nSPS) is 23.0. The van der Waals surface area contributed by atoms with Crippen molar-refractivity contribution < 1.29 is 68.2 Å². The third-order valence-corrected chi connectivity index (χ3v) is 39.1. The second-order valence-corrected chi connectivity index (χ2v) is 50.3. The van der Waals surface area contributed by atoms with Gasteiger partial charge >= 0.3 is 30.6 Å². The van der Waals surface area contributed by atoms with Gasteiger partial charge in [0.1, 0.15) is 17.2 Å². The molecule has 22 rings (SSSR count). The topological polar surface area (TPSA) is 313 Å². The van der Waals surface area contributed by atoms with E-state index in [4.69, 9.17) is 14.2 Å². The number of aromatic nitrogens is 3. The summed E-state index contributed by atoms with van der Waals surface area (Å²) in [6.45, 7) is 9.90. The number of benzene rings is 7. The summed E-state index contributed by atoms with van der Waals surface area (Å²) in [6.07, 6.45) is 26.4. The molecule has 147 heavy (non-hydrogen) atoms. The van der Waals surface area contributed by atoms with E-state index < -0.39 is 64.6 Å². The van der Waals surface area contributed by atoms with Crippen molar-refractivity contribution in [2.24, 2.45) is 16.2 Å². The maximum Gasteiger partial charge on any atom is 0.303 e. The Morgan fingerprint density at radius 3 is 1.13 bits per heavy atom. The number of nitrogens with one attached hydrogen (secondary N) is 3. The Labute approximate surface area is 866 Å². The van der Waals surface area contributed by atoms with Crippen molar-refractivity contribution in [3.8, 4) is 51.0 Å². The van der Waals surface area contributed by atoms with Crippen molar-refractivity contribution in [1.82, 2.24) is 70.2 Å². The summed E-state index contributed by atoms with van der Waals surface area (Å²) in [5.74, 6) is 1.98. The molecular formula is C114H145N15O15S3. The molecule has 10 aromatic rings. The molecule has 0 radical (unpaired) electrons. The van der Waals surface area contributed by atoms with Crippen molar-refractivity contribution in [2.45, 2.75) is 221 Å². The van der Waals surface area contributed by atoms with Gasteiger partial charge in [-0.3, -0.25) is 28.8 Å². The number of likely N-dealkylation sites (N-methyl/N-ethyl adjacent to an activating group) is 3. The fourth-order valence-corrected chi connectivity index (χ4v) is 28.3. The van der Waals surface area contributed by atoms with Crippen molar-refractivity contribution in [3.05, 3.63) is 195 Å². The van der Waals surface area contributed by atoms with Crippen LogP contribution in [0.15, 0.2) is 140 Å². The summed E-state index contributed by atoms with van der Waals surface area (Å²) in [5, 5.41) is 3.21. The van der Waals surface area contributed by atoms with Crippen LogP contribution >= 0.6 is 0 Å². The molecule has 12 aliphatic rings. The Bertz CT molecular complexity index is 7150. The number of carbonyl (C=O) groups excluding carboxylic acids is 6. The van der Waals surface area contributed by atoms with Gasteiger partial charge in [0.25, 0.3) is 17.7 Å². The summed E-state index contributed by atoms with van der Waals surface area (Å²) in [6, 6.07) is 45.9. The van der Waals surface area contributed by atoms with Gasteiger partial charge in [-0.15, -0.1) is 0 Å². The number of rotatable bonds is 27.